The van der Waals surface area contributed by atoms with E-state index in [2.05, 4.69) is 15.3 Å². The zero-order valence-corrected chi connectivity index (χ0v) is 14.3. The summed E-state index contributed by atoms with van der Waals surface area (Å²) in [5, 5.41) is 12.7. The number of carbonyl (C=O) groups is 1. The smallest absolute Gasteiger partial charge is 0.223 e. The molecule has 0 saturated carbocycles. The summed E-state index contributed by atoms with van der Waals surface area (Å²) in [6.07, 6.45) is 4.47. The van der Waals surface area contributed by atoms with Crippen LogP contribution in [0.4, 0.5) is 0 Å². The molecule has 2 unspecified atom stereocenters. The average Bonchev–Trinajstić information content (AvgIpc) is 2.54. The number of hydrogen-bond donors (Lipinski definition) is 2. The summed E-state index contributed by atoms with van der Waals surface area (Å²) in [6, 6.07) is 7.80. The Kier molecular flexibility index (Phi) is 6.40. The van der Waals surface area contributed by atoms with E-state index in [1.807, 2.05) is 50.2 Å². The summed E-state index contributed by atoms with van der Waals surface area (Å²) < 4.78 is 0. The van der Waals surface area contributed by atoms with Crippen molar-refractivity contribution in [3.63, 3.8) is 0 Å². The Hall–Kier alpha value is -2.31. The van der Waals surface area contributed by atoms with Crippen LogP contribution in [0.15, 0.2) is 43.0 Å². The fraction of sp³-hybridized carbons (Fsp3) is 0.389. The summed E-state index contributed by atoms with van der Waals surface area (Å²) >= 11 is 0. The topological polar surface area (TPSA) is 78.4 Å². The van der Waals surface area contributed by atoms with Crippen molar-refractivity contribution in [2.24, 2.45) is 0 Å². The molecule has 0 bridgehead atoms. The molecule has 2 N–H and O–H groups in total. The molecule has 1 amide bonds. The summed E-state index contributed by atoms with van der Waals surface area (Å²) in [7, 11) is 3.73. The fourth-order valence-corrected chi connectivity index (χ4v) is 2.50. The monoisotopic (exact) mass is 328 g/mol. The van der Waals surface area contributed by atoms with E-state index >= 15 is 0 Å². The third-order valence-electron chi connectivity index (χ3n) is 3.68. The van der Waals surface area contributed by atoms with Crippen molar-refractivity contribution >= 4 is 5.91 Å². The van der Waals surface area contributed by atoms with Crippen LogP contribution in [-0.2, 0) is 4.79 Å². The van der Waals surface area contributed by atoms with Crippen molar-refractivity contribution in [2.45, 2.75) is 25.5 Å². The number of aliphatic hydroxyl groups is 1. The van der Waals surface area contributed by atoms with Gasteiger partial charge in [-0.1, -0.05) is 24.3 Å². The van der Waals surface area contributed by atoms with E-state index in [4.69, 9.17) is 0 Å². The van der Waals surface area contributed by atoms with Crippen molar-refractivity contribution in [2.75, 3.05) is 20.6 Å². The number of carbonyl (C=O) groups excluding carboxylic acids is 1. The molecule has 0 spiro atoms. The molecule has 2 rings (SSSR count). The zero-order chi connectivity index (χ0) is 17.5. The standard InChI is InChI=1S/C18H24N4O2/c1-13(21-18(24)8-17(23)11-22(2)3)14-4-6-15(7-5-14)16-9-19-12-20-10-16/h4-7,9-10,12-13,17,23H,8,11H2,1-3H3,(H,21,24). The number of nitrogens with one attached hydrogen (secondary N) is 1. The van der Waals surface area contributed by atoms with Crippen LogP contribution in [0.25, 0.3) is 11.1 Å². The molecule has 2 aromatic rings. The number of benzene rings is 1. The molecule has 0 aliphatic rings. The highest BCUT2D eigenvalue weighted by Gasteiger charge is 2.14. The van der Waals surface area contributed by atoms with Crippen LogP contribution in [0, 0.1) is 0 Å². The lowest BCUT2D eigenvalue weighted by Gasteiger charge is -2.18. The number of likely N-dealkylation sites (N-methyl/N-ethyl adjacent to an activating group) is 1. The first kappa shape index (κ1) is 18.0. The van der Waals surface area contributed by atoms with Crippen molar-refractivity contribution in [3.8, 4) is 11.1 Å². The van der Waals surface area contributed by atoms with Gasteiger partial charge in [-0.05, 0) is 32.1 Å². The Morgan fingerprint density at radius 2 is 1.79 bits per heavy atom. The quantitative estimate of drug-likeness (QED) is 0.808. The fourth-order valence-electron chi connectivity index (χ4n) is 2.50. The lowest BCUT2D eigenvalue weighted by Crippen LogP contribution is -2.34. The van der Waals surface area contributed by atoms with Gasteiger partial charge in [-0.15, -0.1) is 0 Å². The minimum atomic E-state index is -0.660. The number of nitrogens with zero attached hydrogens (tertiary/aromatic N) is 3. The Morgan fingerprint density at radius 1 is 1.17 bits per heavy atom. The molecular weight excluding hydrogens is 304 g/mol. The molecule has 0 aliphatic heterocycles. The van der Waals surface area contributed by atoms with Crippen LogP contribution >= 0.6 is 0 Å². The van der Waals surface area contributed by atoms with Crippen LogP contribution < -0.4 is 5.32 Å². The van der Waals surface area contributed by atoms with E-state index in [9.17, 15) is 9.90 Å². The van der Waals surface area contributed by atoms with E-state index in [1.165, 1.54) is 6.33 Å². The predicted molar refractivity (Wildman–Crippen MR) is 93.2 cm³/mol. The molecule has 1 aromatic carbocycles. The van der Waals surface area contributed by atoms with E-state index in [1.54, 1.807) is 12.4 Å². The highest BCUT2D eigenvalue weighted by Crippen LogP contribution is 2.20. The maximum atomic E-state index is 12.0. The second-order valence-corrected chi connectivity index (χ2v) is 6.16. The molecule has 6 heteroatoms. The van der Waals surface area contributed by atoms with Gasteiger partial charge in [0.2, 0.25) is 5.91 Å². The molecule has 2 atom stereocenters. The van der Waals surface area contributed by atoms with Crippen LogP contribution in [0.3, 0.4) is 0 Å². The van der Waals surface area contributed by atoms with Crippen molar-refractivity contribution < 1.29 is 9.90 Å². The lowest BCUT2D eigenvalue weighted by atomic mass is 10.0. The molecule has 1 heterocycles. The maximum Gasteiger partial charge on any atom is 0.223 e. The Labute approximate surface area is 142 Å². The maximum absolute atomic E-state index is 12.0. The van der Waals surface area contributed by atoms with Crippen LogP contribution in [0.2, 0.25) is 0 Å². The summed E-state index contributed by atoms with van der Waals surface area (Å²) in [6.45, 7) is 2.40. The number of hydrogen-bond acceptors (Lipinski definition) is 5. The third-order valence-corrected chi connectivity index (χ3v) is 3.68. The number of amides is 1. The van der Waals surface area contributed by atoms with Crippen molar-refractivity contribution in [1.29, 1.82) is 0 Å². The molecular formula is C18H24N4O2. The largest absolute Gasteiger partial charge is 0.391 e. The Morgan fingerprint density at radius 3 is 2.38 bits per heavy atom. The highest BCUT2D eigenvalue weighted by molar-refractivity contribution is 5.77. The Balaban J connectivity index is 1.93. The van der Waals surface area contributed by atoms with Crippen LogP contribution in [0.5, 0.6) is 0 Å². The third kappa shape index (κ3) is 5.40. The van der Waals surface area contributed by atoms with Gasteiger partial charge in [0, 0.05) is 24.5 Å². The van der Waals surface area contributed by atoms with Gasteiger partial charge in [0.25, 0.3) is 0 Å². The van der Waals surface area contributed by atoms with Gasteiger partial charge in [-0.25, -0.2) is 9.97 Å². The van der Waals surface area contributed by atoms with Gasteiger partial charge in [0.05, 0.1) is 18.6 Å². The normalized spacial score (nSPS) is 13.5. The zero-order valence-electron chi connectivity index (χ0n) is 14.3. The summed E-state index contributed by atoms with van der Waals surface area (Å²) in [4.78, 5) is 21.9. The molecule has 0 saturated heterocycles. The van der Waals surface area contributed by atoms with Gasteiger partial charge in [-0.2, -0.15) is 0 Å². The SMILES string of the molecule is CC(NC(=O)CC(O)CN(C)C)c1ccc(-c2cncnc2)cc1. The summed E-state index contributed by atoms with van der Waals surface area (Å²) in [5.41, 5.74) is 2.98. The molecule has 0 fully saturated rings. The van der Waals surface area contributed by atoms with Crippen molar-refractivity contribution in [1.82, 2.24) is 20.2 Å². The van der Waals surface area contributed by atoms with Crippen LogP contribution in [-0.4, -0.2) is 52.6 Å². The molecule has 6 nitrogen and oxygen atoms in total. The van der Waals surface area contributed by atoms with E-state index in [0.29, 0.717) is 6.54 Å². The van der Waals surface area contributed by atoms with E-state index in [0.717, 1.165) is 16.7 Å². The number of rotatable bonds is 7. The summed E-state index contributed by atoms with van der Waals surface area (Å²) in [5.74, 6) is -0.155. The highest BCUT2D eigenvalue weighted by atomic mass is 16.3. The van der Waals surface area contributed by atoms with Gasteiger partial charge in [0.15, 0.2) is 0 Å². The minimum absolute atomic E-state index is 0.0992. The molecule has 0 radical (unpaired) electrons. The molecule has 24 heavy (non-hydrogen) atoms. The van der Waals surface area contributed by atoms with Gasteiger partial charge >= 0.3 is 0 Å². The molecule has 128 valence electrons. The van der Waals surface area contributed by atoms with Crippen LogP contribution in [0.1, 0.15) is 24.9 Å². The molecule has 0 aliphatic carbocycles. The molecule has 1 aromatic heterocycles. The first-order chi connectivity index (χ1) is 11.5. The van der Waals surface area contributed by atoms with E-state index in [-0.39, 0.29) is 18.4 Å². The predicted octanol–water partition coefficient (Wildman–Crippen LogP) is 1.63. The van der Waals surface area contributed by atoms with E-state index < -0.39 is 6.10 Å². The first-order valence-electron chi connectivity index (χ1n) is 7.93. The second-order valence-electron chi connectivity index (χ2n) is 6.16. The van der Waals surface area contributed by atoms with Crippen molar-refractivity contribution in [3.05, 3.63) is 48.5 Å². The Bertz CT molecular complexity index is 644. The lowest BCUT2D eigenvalue weighted by molar-refractivity contribution is -0.123. The minimum Gasteiger partial charge on any atom is -0.391 e. The van der Waals surface area contributed by atoms with Gasteiger partial charge < -0.3 is 15.3 Å². The number of aromatic nitrogens is 2. The van der Waals surface area contributed by atoms with Gasteiger partial charge in [0.1, 0.15) is 6.33 Å². The first-order valence-corrected chi connectivity index (χ1v) is 7.93. The second kappa shape index (κ2) is 8.52. The average molecular weight is 328 g/mol. The van der Waals surface area contributed by atoms with Gasteiger partial charge in [-0.3, -0.25) is 4.79 Å². The number of aliphatic hydroxyl groups excluding tert-OH is 1.